The first kappa shape index (κ1) is 15.0. The van der Waals surface area contributed by atoms with E-state index in [-0.39, 0.29) is 17.3 Å². The van der Waals surface area contributed by atoms with E-state index in [1.807, 2.05) is 13.8 Å². The van der Waals surface area contributed by atoms with E-state index in [9.17, 15) is 4.79 Å². The Labute approximate surface area is 117 Å². The fourth-order valence-corrected chi connectivity index (χ4v) is 3.78. The normalized spacial score (nSPS) is 38.6. The number of hydrogen-bond acceptors (Lipinski definition) is 3. The minimum atomic E-state index is -0.625. The van der Waals surface area contributed by atoms with E-state index in [0.29, 0.717) is 6.04 Å². The Kier molecular flexibility index (Phi) is 3.83. The molecule has 0 aromatic heterocycles. The van der Waals surface area contributed by atoms with Crippen molar-refractivity contribution in [3.8, 4) is 0 Å². The maximum atomic E-state index is 12.5. The van der Waals surface area contributed by atoms with Crippen LogP contribution in [-0.4, -0.2) is 41.0 Å². The van der Waals surface area contributed by atoms with Gasteiger partial charge in [-0.15, -0.1) is 0 Å². The van der Waals surface area contributed by atoms with E-state index in [1.54, 1.807) is 0 Å². The molecule has 2 aliphatic rings. The minimum absolute atomic E-state index is 0.00152. The van der Waals surface area contributed by atoms with Crippen LogP contribution in [0.25, 0.3) is 0 Å². The molecule has 110 valence electrons. The quantitative estimate of drug-likeness (QED) is 0.770. The zero-order chi connectivity index (χ0) is 14.4. The first-order valence-electron chi connectivity index (χ1n) is 7.62. The summed E-state index contributed by atoms with van der Waals surface area (Å²) < 4.78 is 5.98. The molecule has 2 saturated heterocycles. The molecule has 2 heterocycles. The lowest BCUT2D eigenvalue weighted by Crippen LogP contribution is -2.47. The van der Waals surface area contributed by atoms with Gasteiger partial charge in [-0.1, -0.05) is 6.92 Å². The number of ketones is 1. The predicted molar refractivity (Wildman–Crippen MR) is 77.2 cm³/mol. The van der Waals surface area contributed by atoms with Crippen LogP contribution in [0.1, 0.15) is 54.4 Å². The Morgan fingerprint density at radius 1 is 1.26 bits per heavy atom. The van der Waals surface area contributed by atoms with Crippen molar-refractivity contribution < 1.29 is 9.53 Å². The Morgan fingerprint density at radius 2 is 1.89 bits per heavy atom. The molecule has 0 N–H and O–H groups in total. The second-order valence-electron chi connectivity index (χ2n) is 7.61. The number of piperidine rings is 1. The number of carbonyl (C=O) groups excluding carboxylic acids is 1. The van der Waals surface area contributed by atoms with Gasteiger partial charge in [-0.2, -0.15) is 0 Å². The molecule has 0 spiro atoms. The second-order valence-corrected chi connectivity index (χ2v) is 7.61. The van der Waals surface area contributed by atoms with Gasteiger partial charge in [-0.3, -0.25) is 9.69 Å². The van der Waals surface area contributed by atoms with E-state index in [1.165, 1.54) is 12.8 Å². The summed E-state index contributed by atoms with van der Waals surface area (Å²) in [6, 6.07) is 0.580. The molecule has 3 unspecified atom stereocenters. The first-order chi connectivity index (χ1) is 8.63. The maximum Gasteiger partial charge on any atom is 0.171 e. The fourth-order valence-electron chi connectivity index (χ4n) is 3.78. The van der Waals surface area contributed by atoms with Crippen molar-refractivity contribution in [3.63, 3.8) is 0 Å². The van der Waals surface area contributed by atoms with Gasteiger partial charge in [0.25, 0.3) is 0 Å². The molecule has 19 heavy (non-hydrogen) atoms. The SMILES string of the molecule is CC1CCN(CC2C(=O)C(C)(C)OC2(C)C)C(C)C1. The Balaban J connectivity index is 2.08. The highest BCUT2D eigenvalue weighted by Gasteiger charge is 2.53. The zero-order valence-electron chi connectivity index (χ0n) is 13.3. The molecule has 2 rings (SSSR count). The monoisotopic (exact) mass is 267 g/mol. The van der Waals surface area contributed by atoms with Gasteiger partial charge in [0.05, 0.1) is 11.5 Å². The summed E-state index contributed by atoms with van der Waals surface area (Å²) in [6.07, 6.45) is 2.49. The van der Waals surface area contributed by atoms with Crippen LogP contribution >= 0.6 is 0 Å². The van der Waals surface area contributed by atoms with E-state index in [0.717, 1.165) is 19.0 Å². The Hall–Kier alpha value is -0.410. The smallest absolute Gasteiger partial charge is 0.171 e. The van der Waals surface area contributed by atoms with Gasteiger partial charge in [0.1, 0.15) is 5.60 Å². The van der Waals surface area contributed by atoms with Crippen molar-refractivity contribution in [1.82, 2.24) is 4.90 Å². The summed E-state index contributed by atoms with van der Waals surface area (Å²) in [4.78, 5) is 15.0. The summed E-state index contributed by atoms with van der Waals surface area (Å²) >= 11 is 0. The van der Waals surface area contributed by atoms with Gasteiger partial charge in [0, 0.05) is 12.6 Å². The molecule has 0 aliphatic carbocycles. The van der Waals surface area contributed by atoms with Crippen molar-refractivity contribution in [2.24, 2.45) is 11.8 Å². The third-order valence-corrected chi connectivity index (χ3v) is 4.96. The van der Waals surface area contributed by atoms with Gasteiger partial charge in [-0.05, 0) is 59.9 Å². The average molecular weight is 267 g/mol. The van der Waals surface area contributed by atoms with Gasteiger partial charge in [-0.25, -0.2) is 0 Å². The topological polar surface area (TPSA) is 29.5 Å². The summed E-state index contributed by atoms with van der Waals surface area (Å²) in [6.45, 7) is 14.5. The number of hydrogen-bond donors (Lipinski definition) is 0. The van der Waals surface area contributed by atoms with Crippen LogP contribution < -0.4 is 0 Å². The van der Waals surface area contributed by atoms with Gasteiger partial charge >= 0.3 is 0 Å². The van der Waals surface area contributed by atoms with E-state index >= 15 is 0 Å². The molecule has 3 atom stereocenters. The molecule has 0 saturated carbocycles. The summed E-state index contributed by atoms with van der Waals surface area (Å²) in [7, 11) is 0. The maximum absolute atomic E-state index is 12.5. The summed E-state index contributed by atoms with van der Waals surface area (Å²) in [5, 5.41) is 0. The largest absolute Gasteiger partial charge is 0.361 e. The Morgan fingerprint density at radius 3 is 2.37 bits per heavy atom. The van der Waals surface area contributed by atoms with Crippen LogP contribution in [0, 0.1) is 11.8 Å². The van der Waals surface area contributed by atoms with Gasteiger partial charge in [0.2, 0.25) is 0 Å². The van der Waals surface area contributed by atoms with Crippen molar-refractivity contribution in [2.75, 3.05) is 13.1 Å². The third kappa shape index (κ3) is 2.87. The molecule has 3 nitrogen and oxygen atoms in total. The molecule has 0 amide bonds. The van der Waals surface area contributed by atoms with Crippen LogP contribution in [0.3, 0.4) is 0 Å². The number of Topliss-reactive ketones (excluding diaryl/α,β-unsaturated/α-hetero) is 1. The Bertz CT molecular complexity index is 362. The highest BCUT2D eigenvalue weighted by molar-refractivity contribution is 5.91. The zero-order valence-corrected chi connectivity index (χ0v) is 13.3. The van der Waals surface area contributed by atoms with E-state index in [4.69, 9.17) is 4.74 Å². The van der Waals surface area contributed by atoms with E-state index < -0.39 is 5.60 Å². The molecular weight excluding hydrogens is 238 g/mol. The molecule has 0 radical (unpaired) electrons. The molecule has 2 aliphatic heterocycles. The van der Waals surface area contributed by atoms with Gasteiger partial charge < -0.3 is 4.74 Å². The van der Waals surface area contributed by atoms with Crippen LogP contribution in [-0.2, 0) is 9.53 Å². The van der Waals surface area contributed by atoms with Crippen molar-refractivity contribution in [3.05, 3.63) is 0 Å². The minimum Gasteiger partial charge on any atom is -0.361 e. The standard InChI is InChI=1S/C16H29NO2/c1-11-7-8-17(12(2)9-11)10-13-14(18)16(5,6)19-15(13,3)4/h11-13H,7-10H2,1-6H3. The van der Waals surface area contributed by atoms with Crippen LogP contribution in [0.5, 0.6) is 0 Å². The van der Waals surface area contributed by atoms with Crippen molar-refractivity contribution in [2.45, 2.75) is 71.6 Å². The first-order valence-corrected chi connectivity index (χ1v) is 7.62. The molecule has 0 aromatic rings. The summed E-state index contributed by atoms with van der Waals surface area (Å²) in [5.74, 6) is 1.08. The highest BCUT2D eigenvalue weighted by atomic mass is 16.5. The van der Waals surface area contributed by atoms with Crippen molar-refractivity contribution in [1.29, 1.82) is 0 Å². The van der Waals surface area contributed by atoms with Crippen LogP contribution in [0.2, 0.25) is 0 Å². The summed E-state index contributed by atoms with van der Waals surface area (Å²) in [5.41, 5.74) is -0.968. The highest BCUT2D eigenvalue weighted by Crippen LogP contribution is 2.40. The lowest BCUT2D eigenvalue weighted by molar-refractivity contribution is -0.132. The number of rotatable bonds is 2. The molecule has 0 aromatic carbocycles. The third-order valence-electron chi connectivity index (χ3n) is 4.96. The van der Waals surface area contributed by atoms with E-state index in [2.05, 4.69) is 32.6 Å². The molecule has 2 fully saturated rings. The number of nitrogens with zero attached hydrogens (tertiary/aromatic N) is 1. The predicted octanol–water partition coefficient (Wildman–Crippen LogP) is 2.88. The number of ether oxygens (including phenoxy) is 1. The fraction of sp³-hybridized carbons (Fsp3) is 0.938. The van der Waals surface area contributed by atoms with Crippen LogP contribution in [0.4, 0.5) is 0 Å². The lowest BCUT2D eigenvalue weighted by Gasteiger charge is -2.39. The van der Waals surface area contributed by atoms with Gasteiger partial charge in [0.15, 0.2) is 5.78 Å². The second kappa shape index (κ2) is 4.85. The lowest BCUT2D eigenvalue weighted by atomic mass is 9.84. The average Bonchev–Trinajstić information content (AvgIpc) is 2.39. The van der Waals surface area contributed by atoms with Crippen LogP contribution in [0.15, 0.2) is 0 Å². The van der Waals surface area contributed by atoms with Crippen molar-refractivity contribution >= 4 is 5.78 Å². The molecule has 3 heteroatoms. The number of carbonyl (C=O) groups is 1. The molecular formula is C16H29NO2. The number of likely N-dealkylation sites (tertiary alicyclic amines) is 1. The molecule has 0 bridgehead atoms.